The Morgan fingerprint density at radius 3 is 2.75 bits per heavy atom. The maximum Gasteiger partial charge on any atom is 0.319 e. The van der Waals surface area contributed by atoms with E-state index in [0.29, 0.717) is 37.8 Å². The molecule has 4 N–H and O–H groups in total. The van der Waals surface area contributed by atoms with Gasteiger partial charge in [-0.1, -0.05) is 0 Å². The molecule has 1 saturated heterocycles. The molecular formula is C25H31N9O2. The summed E-state index contributed by atoms with van der Waals surface area (Å²) >= 11 is 0. The Labute approximate surface area is 210 Å². The summed E-state index contributed by atoms with van der Waals surface area (Å²) < 4.78 is 5.69. The first-order valence-corrected chi connectivity index (χ1v) is 12.2. The number of anilines is 4. The van der Waals surface area contributed by atoms with Crippen LogP contribution in [0.5, 0.6) is 0 Å². The summed E-state index contributed by atoms with van der Waals surface area (Å²) in [5.74, 6) is 2.67. The molecule has 3 aromatic rings. The minimum absolute atomic E-state index is 0.194. The Morgan fingerprint density at radius 1 is 1.17 bits per heavy atom. The largest absolute Gasteiger partial charge is 0.377 e. The van der Waals surface area contributed by atoms with E-state index in [1.807, 2.05) is 37.3 Å². The van der Waals surface area contributed by atoms with Crippen molar-refractivity contribution in [2.24, 2.45) is 0 Å². The Balaban J connectivity index is 1.49. The van der Waals surface area contributed by atoms with Gasteiger partial charge >= 0.3 is 6.03 Å². The van der Waals surface area contributed by atoms with Crippen LogP contribution in [0.25, 0.3) is 11.4 Å². The number of benzene rings is 1. The standard InChI is InChI=1S/C25H31N9O2/c1-3-27-25(35)29-18-6-4-17(5-7-18)22-30-20-9-11-33(21-8-10-28-24(26)31-21)14-19(20)23(32-22)34-12-13-36-15-16(34)2/h4-8,10,16H,3,9,11-15H2,1-2H3,(H2,26,28,31)(H2,27,29,35)/t16-/m0/s1. The summed E-state index contributed by atoms with van der Waals surface area (Å²) in [6, 6.07) is 9.46. The number of aromatic nitrogens is 4. The molecule has 4 heterocycles. The summed E-state index contributed by atoms with van der Waals surface area (Å²) in [5.41, 5.74) is 9.59. The molecule has 11 heteroatoms. The molecule has 36 heavy (non-hydrogen) atoms. The lowest BCUT2D eigenvalue weighted by atomic mass is 10.0. The molecule has 0 aliphatic carbocycles. The van der Waals surface area contributed by atoms with E-state index in [2.05, 4.69) is 37.3 Å². The second-order valence-electron chi connectivity index (χ2n) is 8.92. The van der Waals surface area contributed by atoms with Gasteiger partial charge in [0.2, 0.25) is 5.95 Å². The van der Waals surface area contributed by atoms with Crippen LogP contribution in [0.4, 0.5) is 28.1 Å². The van der Waals surface area contributed by atoms with E-state index in [9.17, 15) is 4.79 Å². The summed E-state index contributed by atoms with van der Waals surface area (Å²) in [4.78, 5) is 34.8. The number of carbonyl (C=O) groups is 1. The van der Waals surface area contributed by atoms with Gasteiger partial charge in [0.25, 0.3) is 0 Å². The van der Waals surface area contributed by atoms with E-state index in [1.54, 1.807) is 6.20 Å². The van der Waals surface area contributed by atoms with Crippen LogP contribution in [0.2, 0.25) is 0 Å². The molecule has 2 aliphatic heterocycles. The van der Waals surface area contributed by atoms with Crippen molar-refractivity contribution in [3.05, 3.63) is 47.8 Å². The monoisotopic (exact) mass is 489 g/mol. The lowest BCUT2D eigenvalue weighted by Gasteiger charge is -2.38. The van der Waals surface area contributed by atoms with E-state index in [0.717, 1.165) is 48.0 Å². The van der Waals surface area contributed by atoms with Gasteiger partial charge < -0.3 is 30.9 Å². The zero-order valence-corrected chi connectivity index (χ0v) is 20.6. The third-order valence-electron chi connectivity index (χ3n) is 6.40. The molecule has 2 amide bonds. The number of nitrogens with two attached hydrogens (primary N) is 1. The van der Waals surface area contributed by atoms with Gasteiger partial charge in [-0.25, -0.2) is 19.7 Å². The first kappa shape index (κ1) is 23.7. The Morgan fingerprint density at radius 2 is 2.00 bits per heavy atom. The molecule has 1 aromatic carbocycles. The van der Waals surface area contributed by atoms with Gasteiger partial charge in [0, 0.05) is 55.6 Å². The van der Waals surface area contributed by atoms with Crippen LogP contribution in [0.15, 0.2) is 36.5 Å². The molecule has 0 saturated carbocycles. The molecule has 0 unspecified atom stereocenters. The Bertz CT molecular complexity index is 1230. The van der Waals surface area contributed by atoms with Gasteiger partial charge in [0.05, 0.1) is 24.9 Å². The number of hydrogen-bond acceptors (Lipinski definition) is 9. The van der Waals surface area contributed by atoms with Crippen molar-refractivity contribution in [1.82, 2.24) is 25.3 Å². The minimum Gasteiger partial charge on any atom is -0.377 e. The van der Waals surface area contributed by atoms with Crippen molar-refractivity contribution in [3.8, 4) is 11.4 Å². The first-order valence-electron chi connectivity index (χ1n) is 12.2. The predicted molar refractivity (Wildman–Crippen MR) is 139 cm³/mol. The number of nitrogens with one attached hydrogen (secondary N) is 2. The topological polar surface area (TPSA) is 134 Å². The van der Waals surface area contributed by atoms with Crippen molar-refractivity contribution in [3.63, 3.8) is 0 Å². The molecule has 5 rings (SSSR count). The summed E-state index contributed by atoms with van der Waals surface area (Å²) in [5, 5.41) is 5.56. The third-order valence-corrected chi connectivity index (χ3v) is 6.40. The molecule has 2 aliphatic rings. The average molecular weight is 490 g/mol. The van der Waals surface area contributed by atoms with Crippen molar-refractivity contribution in [1.29, 1.82) is 0 Å². The van der Waals surface area contributed by atoms with Gasteiger partial charge in [-0.05, 0) is 44.2 Å². The SMILES string of the molecule is CCNC(=O)Nc1ccc(-c2nc3c(c(N4CCOC[C@@H]4C)n2)CN(c2ccnc(N)n2)CC3)cc1. The number of rotatable bonds is 5. The quantitative estimate of drug-likeness (QED) is 0.494. The number of ether oxygens (including phenoxy) is 1. The highest BCUT2D eigenvalue weighted by atomic mass is 16.5. The highest BCUT2D eigenvalue weighted by Crippen LogP contribution is 2.33. The van der Waals surface area contributed by atoms with Crippen LogP contribution in [0, 0.1) is 0 Å². The fraction of sp³-hybridized carbons (Fsp3) is 0.400. The van der Waals surface area contributed by atoms with Crippen LogP contribution in [-0.4, -0.2) is 64.9 Å². The van der Waals surface area contributed by atoms with E-state index >= 15 is 0 Å². The fourth-order valence-electron chi connectivity index (χ4n) is 4.58. The van der Waals surface area contributed by atoms with E-state index < -0.39 is 0 Å². The molecule has 1 atom stereocenters. The Hall–Kier alpha value is -3.99. The van der Waals surface area contributed by atoms with Gasteiger partial charge in [-0.15, -0.1) is 0 Å². The van der Waals surface area contributed by atoms with Crippen molar-refractivity contribution in [2.75, 3.05) is 53.7 Å². The average Bonchev–Trinajstić information content (AvgIpc) is 2.89. The number of nitrogens with zero attached hydrogens (tertiary/aromatic N) is 6. The zero-order chi connectivity index (χ0) is 25.1. The van der Waals surface area contributed by atoms with Crippen LogP contribution >= 0.6 is 0 Å². The second kappa shape index (κ2) is 10.3. The molecule has 188 valence electrons. The first-order chi connectivity index (χ1) is 17.5. The van der Waals surface area contributed by atoms with Crippen LogP contribution < -0.4 is 26.2 Å². The zero-order valence-electron chi connectivity index (χ0n) is 20.6. The second-order valence-corrected chi connectivity index (χ2v) is 8.92. The van der Waals surface area contributed by atoms with Gasteiger partial charge in [-0.2, -0.15) is 4.98 Å². The van der Waals surface area contributed by atoms with Crippen LogP contribution in [0.3, 0.4) is 0 Å². The Kier molecular flexibility index (Phi) is 6.81. The lowest BCUT2D eigenvalue weighted by molar-refractivity contribution is 0.0984. The van der Waals surface area contributed by atoms with Crippen molar-refractivity contribution >= 4 is 29.3 Å². The molecule has 0 spiro atoms. The third kappa shape index (κ3) is 5.01. The number of amides is 2. The highest BCUT2D eigenvalue weighted by molar-refractivity contribution is 5.89. The van der Waals surface area contributed by atoms with E-state index in [4.69, 9.17) is 20.4 Å². The summed E-state index contributed by atoms with van der Waals surface area (Å²) in [7, 11) is 0. The summed E-state index contributed by atoms with van der Waals surface area (Å²) in [6.45, 7) is 8.09. The lowest BCUT2D eigenvalue weighted by Crippen LogP contribution is -2.45. The molecule has 1 fully saturated rings. The van der Waals surface area contributed by atoms with Crippen LogP contribution in [-0.2, 0) is 17.7 Å². The smallest absolute Gasteiger partial charge is 0.319 e. The number of urea groups is 1. The van der Waals surface area contributed by atoms with Crippen molar-refractivity contribution in [2.45, 2.75) is 32.9 Å². The summed E-state index contributed by atoms with van der Waals surface area (Å²) in [6.07, 6.45) is 2.44. The molecule has 0 bridgehead atoms. The van der Waals surface area contributed by atoms with Crippen molar-refractivity contribution < 1.29 is 9.53 Å². The maximum atomic E-state index is 11.8. The number of fused-ring (bicyclic) bond motifs is 1. The fourth-order valence-corrected chi connectivity index (χ4v) is 4.58. The molecular weight excluding hydrogens is 458 g/mol. The minimum atomic E-state index is -0.228. The number of hydrogen-bond donors (Lipinski definition) is 3. The van der Waals surface area contributed by atoms with Gasteiger partial charge in [-0.3, -0.25) is 0 Å². The number of morpholine rings is 1. The molecule has 0 radical (unpaired) electrons. The van der Waals surface area contributed by atoms with Gasteiger partial charge in [0.1, 0.15) is 11.6 Å². The maximum absolute atomic E-state index is 11.8. The number of carbonyl (C=O) groups excluding carboxylic acids is 1. The van der Waals surface area contributed by atoms with Crippen LogP contribution in [0.1, 0.15) is 25.1 Å². The predicted octanol–water partition coefficient (Wildman–Crippen LogP) is 2.45. The van der Waals surface area contributed by atoms with Gasteiger partial charge in [0.15, 0.2) is 5.82 Å². The number of nitrogen functional groups attached to an aromatic ring is 1. The highest BCUT2D eigenvalue weighted by Gasteiger charge is 2.29. The normalized spacial score (nSPS) is 17.4. The molecule has 2 aromatic heterocycles. The van der Waals surface area contributed by atoms with E-state index in [1.165, 1.54) is 0 Å². The molecule has 11 nitrogen and oxygen atoms in total. The van der Waals surface area contributed by atoms with E-state index in [-0.39, 0.29) is 18.0 Å².